The van der Waals surface area contributed by atoms with Crippen molar-refractivity contribution < 1.29 is 14.7 Å². The summed E-state index contributed by atoms with van der Waals surface area (Å²) in [5, 5.41) is 21.5. The summed E-state index contributed by atoms with van der Waals surface area (Å²) in [4.78, 5) is 22.0. The highest BCUT2D eigenvalue weighted by Gasteiger charge is 2.08. The molecule has 0 atom stereocenters. The number of hydrogen-bond donors (Lipinski definition) is 3. The number of amides is 2. The Morgan fingerprint density at radius 1 is 1.35 bits per heavy atom. The van der Waals surface area contributed by atoms with Crippen molar-refractivity contribution in [2.75, 3.05) is 6.54 Å². The molecule has 1 aromatic heterocycles. The van der Waals surface area contributed by atoms with E-state index in [1.54, 1.807) is 0 Å². The van der Waals surface area contributed by atoms with Crippen LogP contribution in [-0.4, -0.2) is 38.6 Å². The third-order valence-electron chi connectivity index (χ3n) is 3.02. The van der Waals surface area contributed by atoms with E-state index >= 15 is 0 Å². The van der Waals surface area contributed by atoms with Gasteiger partial charge in [-0.1, -0.05) is 31.9 Å². The van der Waals surface area contributed by atoms with Crippen molar-refractivity contribution in [3.05, 3.63) is 11.9 Å². The maximum Gasteiger partial charge on any atom is 0.325 e. The molecule has 1 heterocycles. The minimum Gasteiger partial charge on any atom is -0.480 e. The van der Waals surface area contributed by atoms with E-state index in [2.05, 4.69) is 34.8 Å². The average Bonchev–Trinajstić information content (AvgIpc) is 2.84. The van der Waals surface area contributed by atoms with Gasteiger partial charge < -0.3 is 15.7 Å². The minimum atomic E-state index is -0.989. The second-order valence-electron chi connectivity index (χ2n) is 4.55. The topological polar surface area (TPSA) is 109 Å². The number of nitrogens with one attached hydrogen (secondary N) is 2. The van der Waals surface area contributed by atoms with Crippen molar-refractivity contribution in [1.29, 1.82) is 0 Å². The van der Waals surface area contributed by atoms with Crippen LogP contribution in [0.1, 0.15) is 32.4 Å². The molecule has 112 valence electrons. The van der Waals surface area contributed by atoms with Crippen molar-refractivity contribution in [2.45, 2.75) is 39.8 Å². The SMILES string of the molecule is CCC(CC)CNC(=O)NCc1cn(CC(=O)O)nn1. The van der Waals surface area contributed by atoms with Gasteiger partial charge in [-0.3, -0.25) is 4.79 Å². The van der Waals surface area contributed by atoms with Gasteiger partial charge in [0.25, 0.3) is 0 Å². The molecule has 3 N–H and O–H groups in total. The number of rotatable bonds is 8. The lowest BCUT2D eigenvalue weighted by molar-refractivity contribution is -0.137. The largest absolute Gasteiger partial charge is 0.480 e. The van der Waals surface area contributed by atoms with Crippen molar-refractivity contribution in [3.63, 3.8) is 0 Å². The Bertz CT molecular complexity index is 442. The van der Waals surface area contributed by atoms with Crippen molar-refractivity contribution in [3.8, 4) is 0 Å². The minimum absolute atomic E-state index is 0.217. The zero-order valence-electron chi connectivity index (χ0n) is 11.8. The Morgan fingerprint density at radius 2 is 2.05 bits per heavy atom. The average molecular weight is 283 g/mol. The van der Waals surface area contributed by atoms with Gasteiger partial charge in [-0.2, -0.15) is 0 Å². The number of urea groups is 1. The highest BCUT2D eigenvalue weighted by atomic mass is 16.4. The molecule has 2 amide bonds. The summed E-state index contributed by atoms with van der Waals surface area (Å²) in [6.07, 6.45) is 3.55. The van der Waals surface area contributed by atoms with Crippen LogP contribution < -0.4 is 10.6 Å². The molecule has 0 fully saturated rings. The van der Waals surface area contributed by atoms with E-state index < -0.39 is 5.97 Å². The van der Waals surface area contributed by atoms with Gasteiger partial charge in [-0.15, -0.1) is 5.10 Å². The predicted molar refractivity (Wildman–Crippen MR) is 72.0 cm³/mol. The van der Waals surface area contributed by atoms with Gasteiger partial charge in [0.15, 0.2) is 0 Å². The number of nitrogens with zero attached hydrogens (tertiary/aromatic N) is 3. The Kier molecular flexibility index (Phi) is 6.48. The number of hydrogen-bond acceptors (Lipinski definition) is 4. The van der Waals surface area contributed by atoms with E-state index in [0.717, 1.165) is 12.8 Å². The fraction of sp³-hybridized carbons (Fsp3) is 0.667. The Labute approximate surface area is 117 Å². The number of carboxylic acids is 1. The molecule has 0 saturated carbocycles. The molecule has 0 saturated heterocycles. The zero-order chi connectivity index (χ0) is 15.0. The molecule has 0 aliphatic heterocycles. The normalized spacial score (nSPS) is 10.6. The lowest BCUT2D eigenvalue weighted by Gasteiger charge is -2.13. The summed E-state index contributed by atoms with van der Waals surface area (Å²) in [5.41, 5.74) is 0.518. The summed E-state index contributed by atoms with van der Waals surface area (Å²) >= 11 is 0. The summed E-state index contributed by atoms with van der Waals surface area (Å²) < 4.78 is 1.21. The highest BCUT2D eigenvalue weighted by molar-refractivity contribution is 5.73. The Morgan fingerprint density at radius 3 is 2.65 bits per heavy atom. The van der Waals surface area contributed by atoms with Gasteiger partial charge in [0, 0.05) is 6.54 Å². The van der Waals surface area contributed by atoms with Gasteiger partial charge in [-0.25, -0.2) is 9.48 Å². The van der Waals surface area contributed by atoms with Crippen LogP contribution in [0, 0.1) is 5.92 Å². The smallest absolute Gasteiger partial charge is 0.325 e. The monoisotopic (exact) mass is 283 g/mol. The van der Waals surface area contributed by atoms with Crippen LogP contribution in [0.3, 0.4) is 0 Å². The fourth-order valence-electron chi connectivity index (χ4n) is 1.68. The van der Waals surface area contributed by atoms with Gasteiger partial charge in [0.1, 0.15) is 12.2 Å². The number of carbonyl (C=O) groups excluding carboxylic acids is 1. The van der Waals surface area contributed by atoms with Crippen molar-refractivity contribution >= 4 is 12.0 Å². The zero-order valence-corrected chi connectivity index (χ0v) is 11.8. The first-order valence-electron chi connectivity index (χ1n) is 6.67. The van der Waals surface area contributed by atoms with Crippen LogP contribution >= 0.6 is 0 Å². The van der Waals surface area contributed by atoms with Gasteiger partial charge in [0.2, 0.25) is 0 Å². The van der Waals surface area contributed by atoms with E-state index in [-0.39, 0.29) is 19.1 Å². The van der Waals surface area contributed by atoms with E-state index in [0.29, 0.717) is 18.2 Å². The Hall–Kier alpha value is -2.12. The summed E-state index contributed by atoms with van der Waals surface area (Å²) in [6.45, 7) is 4.80. The van der Waals surface area contributed by atoms with Gasteiger partial charge in [0.05, 0.1) is 12.7 Å². The van der Waals surface area contributed by atoms with E-state index in [9.17, 15) is 9.59 Å². The molecule has 20 heavy (non-hydrogen) atoms. The summed E-state index contributed by atoms with van der Waals surface area (Å²) in [6, 6.07) is -0.260. The lowest BCUT2D eigenvalue weighted by atomic mass is 10.0. The molecule has 0 unspecified atom stereocenters. The molecule has 0 bridgehead atoms. The molecule has 1 rings (SSSR count). The third-order valence-corrected chi connectivity index (χ3v) is 3.02. The van der Waals surface area contributed by atoms with Crippen LogP contribution in [0.4, 0.5) is 4.79 Å². The lowest BCUT2D eigenvalue weighted by Crippen LogP contribution is -2.37. The number of carbonyl (C=O) groups is 2. The molecule has 0 aromatic carbocycles. The molecule has 0 aliphatic rings. The van der Waals surface area contributed by atoms with Crippen LogP contribution in [0.5, 0.6) is 0 Å². The number of aromatic nitrogens is 3. The van der Waals surface area contributed by atoms with Gasteiger partial charge >= 0.3 is 12.0 Å². The highest BCUT2D eigenvalue weighted by Crippen LogP contribution is 2.04. The van der Waals surface area contributed by atoms with Crippen LogP contribution in [0.2, 0.25) is 0 Å². The first kappa shape index (κ1) is 15.9. The summed E-state index contributed by atoms with van der Waals surface area (Å²) in [5.74, 6) is -0.505. The quantitative estimate of drug-likeness (QED) is 0.647. The second-order valence-corrected chi connectivity index (χ2v) is 4.55. The van der Waals surface area contributed by atoms with Crippen LogP contribution in [0.25, 0.3) is 0 Å². The number of carboxylic acid groups (broad SMARTS) is 1. The molecule has 8 heteroatoms. The molecular formula is C12H21N5O3. The Balaban J connectivity index is 2.30. The first-order chi connectivity index (χ1) is 9.55. The molecule has 0 spiro atoms. The summed E-state index contributed by atoms with van der Waals surface area (Å²) in [7, 11) is 0. The standard InChI is InChI=1S/C12H21N5O3/c1-3-9(4-2)5-13-12(20)14-6-10-7-17(16-15-10)8-11(18)19/h7,9H,3-6,8H2,1-2H3,(H,18,19)(H2,13,14,20). The first-order valence-corrected chi connectivity index (χ1v) is 6.67. The molecule has 0 aliphatic carbocycles. The number of aliphatic carboxylic acids is 1. The molecule has 8 nitrogen and oxygen atoms in total. The van der Waals surface area contributed by atoms with E-state index in [1.807, 2.05) is 0 Å². The predicted octanol–water partition coefficient (Wildman–Crippen LogP) is 0.598. The van der Waals surface area contributed by atoms with Crippen molar-refractivity contribution in [1.82, 2.24) is 25.6 Å². The van der Waals surface area contributed by atoms with Gasteiger partial charge in [-0.05, 0) is 5.92 Å². The van der Waals surface area contributed by atoms with Crippen molar-refractivity contribution in [2.24, 2.45) is 5.92 Å². The molecule has 0 radical (unpaired) electrons. The van der Waals surface area contributed by atoms with Crippen LogP contribution in [0.15, 0.2) is 6.20 Å². The molecule has 1 aromatic rings. The van der Waals surface area contributed by atoms with Crippen LogP contribution in [-0.2, 0) is 17.9 Å². The third kappa shape index (κ3) is 5.68. The van der Waals surface area contributed by atoms with E-state index in [4.69, 9.17) is 5.11 Å². The second kappa shape index (κ2) is 8.13. The van der Waals surface area contributed by atoms with E-state index in [1.165, 1.54) is 10.9 Å². The fourth-order valence-corrected chi connectivity index (χ4v) is 1.68. The maximum atomic E-state index is 11.6. The molecular weight excluding hydrogens is 262 g/mol. The maximum absolute atomic E-state index is 11.6.